The van der Waals surface area contributed by atoms with E-state index < -0.39 is 0 Å². The first-order valence-electron chi connectivity index (χ1n) is 6.85. The summed E-state index contributed by atoms with van der Waals surface area (Å²) >= 11 is 6.32. The van der Waals surface area contributed by atoms with Crippen LogP contribution in [0, 0.1) is 5.92 Å². The molecule has 1 aromatic carbocycles. The van der Waals surface area contributed by atoms with E-state index in [0.29, 0.717) is 18.5 Å². The molecule has 1 aliphatic heterocycles. The molecule has 0 aliphatic carbocycles. The van der Waals surface area contributed by atoms with Gasteiger partial charge in [-0.25, -0.2) is 0 Å². The molecule has 0 bridgehead atoms. The molecule has 2 atom stereocenters. The van der Waals surface area contributed by atoms with E-state index in [-0.39, 0.29) is 6.04 Å². The van der Waals surface area contributed by atoms with Gasteiger partial charge in [-0.2, -0.15) is 0 Å². The smallest absolute Gasteiger partial charge is 0.0488 e. The number of likely N-dealkylation sites (tertiary alicyclic amines) is 1. The van der Waals surface area contributed by atoms with E-state index in [1.54, 1.807) is 0 Å². The molecule has 0 radical (unpaired) electrons. The van der Waals surface area contributed by atoms with E-state index in [0.717, 1.165) is 11.6 Å². The van der Waals surface area contributed by atoms with Crippen LogP contribution < -0.4 is 5.73 Å². The molecule has 1 aliphatic rings. The fraction of sp³-hybridized carbons (Fsp3) is 0.600. The van der Waals surface area contributed by atoms with Crippen LogP contribution in [0.5, 0.6) is 0 Å². The molecule has 1 saturated heterocycles. The normalized spacial score (nSPS) is 22.6. The molecule has 1 heterocycles. The molecule has 100 valence electrons. The van der Waals surface area contributed by atoms with Gasteiger partial charge < -0.3 is 5.73 Å². The van der Waals surface area contributed by atoms with E-state index in [9.17, 15) is 0 Å². The summed E-state index contributed by atoms with van der Waals surface area (Å²) in [5.74, 6) is 0.670. The standard InChI is InChI=1S/C15H23ClN2/c1-11(2)14-8-5-9-18(14)15(10-17)12-6-3-4-7-13(12)16/h3-4,6-7,11,14-15H,5,8-10,17H2,1-2H3. The third kappa shape index (κ3) is 2.71. The van der Waals surface area contributed by atoms with E-state index in [2.05, 4.69) is 24.8 Å². The lowest BCUT2D eigenvalue weighted by molar-refractivity contribution is 0.149. The lowest BCUT2D eigenvalue weighted by atomic mass is 9.98. The summed E-state index contributed by atoms with van der Waals surface area (Å²) in [5.41, 5.74) is 7.19. The fourth-order valence-corrected chi connectivity index (χ4v) is 3.37. The monoisotopic (exact) mass is 266 g/mol. The molecule has 2 nitrogen and oxygen atoms in total. The Hall–Kier alpha value is -0.570. The Bertz CT molecular complexity index is 392. The minimum Gasteiger partial charge on any atom is -0.329 e. The van der Waals surface area contributed by atoms with Gasteiger partial charge in [0.25, 0.3) is 0 Å². The minimum absolute atomic E-state index is 0.258. The third-order valence-corrected chi connectivity index (χ3v) is 4.34. The predicted octanol–water partition coefficient (Wildman–Crippen LogP) is 3.46. The predicted molar refractivity (Wildman–Crippen MR) is 77.8 cm³/mol. The molecule has 1 aromatic rings. The van der Waals surface area contributed by atoms with Crippen LogP contribution in [-0.4, -0.2) is 24.0 Å². The highest BCUT2D eigenvalue weighted by Crippen LogP contribution is 2.34. The maximum absolute atomic E-state index is 6.32. The van der Waals surface area contributed by atoms with Gasteiger partial charge in [0.1, 0.15) is 0 Å². The highest BCUT2D eigenvalue weighted by atomic mass is 35.5. The van der Waals surface area contributed by atoms with Crippen molar-refractivity contribution in [1.82, 2.24) is 4.90 Å². The Labute approximate surface area is 115 Å². The highest BCUT2D eigenvalue weighted by molar-refractivity contribution is 6.31. The van der Waals surface area contributed by atoms with E-state index in [1.807, 2.05) is 18.2 Å². The van der Waals surface area contributed by atoms with Gasteiger partial charge in [-0.05, 0) is 36.9 Å². The lowest BCUT2D eigenvalue weighted by Gasteiger charge is -2.35. The first-order valence-corrected chi connectivity index (χ1v) is 7.23. The Balaban J connectivity index is 2.26. The zero-order chi connectivity index (χ0) is 13.1. The Morgan fingerprint density at radius 1 is 1.39 bits per heavy atom. The lowest BCUT2D eigenvalue weighted by Crippen LogP contribution is -2.40. The first kappa shape index (κ1) is 13.9. The molecule has 18 heavy (non-hydrogen) atoms. The van der Waals surface area contributed by atoms with Crippen molar-refractivity contribution in [3.63, 3.8) is 0 Å². The molecule has 0 aromatic heterocycles. The second kappa shape index (κ2) is 6.05. The van der Waals surface area contributed by atoms with Crippen molar-refractivity contribution in [2.45, 2.75) is 38.8 Å². The summed E-state index contributed by atoms with van der Waals surface area (Å²) in [5, 5.41) is 0.836. The number of rotatable bonds is 4. The quantitative estimate of drug-likeness (QED) is 0.904. The Kier molecular flexibility index (Phi) is 4.66. The average Bonchev–Trinajstić information content (AvgIpc) is 2.82. The Morgan fingerprint density at radius 2 is 2.11 bits per heavy atom. The van der Waals surface area contributed by atoms with Gasteiger partial charge in [-0.1, -0.05) is 43.6 Å². The van der Waals surface area contributed by atoms with Gasteiger partial charge >= 0.3 is 0 Å². The van der Waals surface area contributed by atoms with Crippen LogP contribution in [0.15, 0.2) is 24.3 Å². The van der Waals surface area contributed by atoms with Gasteiger partial charge in [0.2, 0.25) is 0 Å². The third-order valence-electron chi connectivity index (χ3n) is 4.00. The van der Waals surface area contributed by atoms with Crippen molar-refractivity contribution < 1.29 is 0 Å². The van der Waals surface area contributed by atoms with Crippen LogP contribution in [0.3, 0.4) is 0 Å². The number of benzene rings is 1. The first-order chi connectivity index (χ1) is 8.65. The van der Waals surface area contributed by atoms with E-state index in [1.165, 1.54) is 18.4 Å². The average molecular weight is 267 g/mol. The molecule has 0 saturated carbocycles. The summed E-state index contributed by atoms with van der Waals surface area (Å²) in [6.45, 7) is 6.36. The van der Waals surface area contributed by atoms with Crippen LogP contribution in [0.25, 0.3) is 0 Å². The number of hydrogen-bond donors (Lipinski definition) is 1. The highest BCUT2D eigenvalue weighted by Gasteiger charge is 2.33. The van der Waals surface area contributed by atoms with Gasteiger partial charge in [0.05, 0.1) is 0 Å². The van der Waals surface area contributed by atoms with Crippen molar-refractivity contribution in [3.05, 3.63) is 34.9 Å². The molecule has 0 spiro atoms. The minimum atomic E-state index is 0.258. The molecule has 2 N–H and O–H groups in total. The van der Waals surface area contributed by atoms with Crippen LogP contribution in [0.4, 0.5) is 0 Å². The van der Waals surface area contributed by atoms with Crippen molar-refractivity contribution in [3.8, 4) is 0 Å². The summed E-state index contributed by atoms with van der Waals surface area (Å²) in [6.07, 6.45) is 2.54. The maximum atomic E-state index is 6.32. The summed E-state index contributed by atoms with van der Waals surface area (Å²) in [7, 11) is 0. The number of nitrogens with zero attached hydrogens (tertiary/aromatic N) is 1. The molecule has 3 heteroatoms. The number of halogens is 1. The van der Waals surface area contributed by atoms with Crippen LogP contribution >= 0.6 is 11.6 Å². The molecule has 1 fully saturated rings. The zero-order valence-electron chi connectivity index (χ0n) is 11.3. The second-order valence-electron chi connectivity index (χ2n) is 5.46. The number of hydrogen-bond acceptors (Lipinski definition) is 2. The molecule has 0 amide bonds. The van der Waals surface area contributed by atoms with Crippen molar-refractivity contribution in [1.29, 1.82) is 0 Å². The topological polar surface area (TPSA) is 29.3 Å². The van der Waals surface area contributed by atoms with Crippen LogP contribution in [0.2, 0.25) is 5.02 Å². The second-order valence-corrected chi connectivity index (χ2v) is 5.87. The van der Waals surface area contributed by atoms with Crippen molar-refractivity contribution in [2.75, 3.05) is 13.1 Å². The van der Waals surface area contributed by atoms with E-state index in [4.69, 9.17) is 17.3 Å². The van der Waals surface area contributed by atoms with E-state index >= 15 is 0 Å². The van der Waals surface area contributed by atoms with Crippen LogP contribution in [-0.2, 0) is 0 Å². The Morgan fingerprint density at radius 3 is 2.72 bits per heavy atom. The molecule has 2 unspecified atom stereocenters. The summed E-state index contributed by atoms with van der Waals surface area (Å²) < 4.78 is 0. The maximum Gasteiger partial charge on any atom is 0.0488 e. The van der Waals surface area contributed by atoms with Gasteiger partial charge in [-0.15, -0.1) is 0 Å². The summed E-state index contributed by atoms with van der Waals surface area (Å²) in [4.78, 5) is 2.55. The number of nitrogens with two attached hydrogens (primary N) is 1. The van der Waals surface area contributed by atoms with Gasteiger partial charge in [0, 0.05) is 23.7 Å². The molecular formula is C15H23ClN2. The van der Waals surface area contributed by atoms with Gasteiger partial charge in [-0.3, -0.25) is 4.90 Å². The molecule has 2 rings (SSSR count). The van der Waals surface area contributed by atoms with Crippen molar-refractivity contribution in [2.24, 2.45) is 11.7 Å². The zero-order valence-corrected chi connectivity index (χ0v) is 12.0. The largest absolute Gasteiger partial charge is 0.329 e. The fourth-order valence-electron chi connectivity index (χ4n) is 3.10. The van der Waals surface area contributed by atoms with Crippen molar-refractivity contribution >= 4 is 11.6 Å². The van der Waals surface area contributed by atoms with Gasteiger partial charge in [0.15, 0.2) is 0 Å². The summed E-state index contributed by atoms with van der Waals surface area (Å²) in [6, 6.07) is 8.98. The van der Waals surface area contributed by atoms with Crippen LogP contribution in [0.1, 0.15) is 38.3 Å². The molecular weight excluding hydrogens is 244 g/mol. The SMILES string of the molecule is CC(C)C1CCCN1C(CN)c1ccccc1Cl.